The van der Waals surface area contributed by atoms with Crippen molar-refractivity contribution in [2.24, 2.45) is 0 Å². The SMILES string of the molecule is CSCCC(NC(=O)OC(C)(C)C)C(=O)N(CC#N)C(C(=O)Nc1c(C)cccc1C)c1ccc(O)c(C)c1. The molecule has 0 saturated heterocycles. The highest BCUT2D eigenvalue weighted by molar-refractivity contribution is 7.98. The molecule has 2 aromatic carbocycles. The summed E-state index contributed by atoms with van der Waals surface area (Å²) in [6.45, 7) is 10.2. The summed E-state index contributed by atoms with van der Waals surface area (Å²) in [6, 6.07) is 9.96. The average Bonchev–Trinajstić information content (AvgIpc) is 2.84. The molecule has 210 valence electrons. The first-order chi connectivity index (χ1) is 18.3. The fraction of sp³-hybridized carbons (Fsp3) is 0.448. The Hall–Kier alpha value is -3.71. The molecule has 0 bridgehead atoms. The second-order valence-electron chi connectivity index (χ2n) is 10.3. The molecule has 3 N–H and O–H groups in total. The molecule has 0 spiro atoms. The van der Waals surface area contributed by atoms with Crippen LogP contribution in [0.2, 0.25) is 0 Å². The average molecular weight is 555 g/mol. The van der Waals surface area contributed by atoms with E-state index in [2.05, 4.69) is 10.6 Å². The van der Waals surface area contributed by atoms with Crippen molar-refractivity contribution in [1.82, 2.24) is 10.2 Å². The third-order valence-electron chi connectivity index (χ3n) is 5.95. The van der Waals surface area contributed by atoms with E-state index in [-0.39, 0.29) is 12.2 Å². The number of phenols is 1. The number of rotatable bonds is 10. The predicted octanol–water partition coefficient (Wildman–Crippen LogP) is 5.00. The number of para-hydroxylation sites is 1. The monoisotopic (exact) mass is 554 g/mol. The van der Waals surface area contributed by atoms with Gasteiger partial charge in [-0.15, -0.1) is 0 Å². The third kappa shape index (κ3) is 8.93. The Morgan fingerprint density at radius 2 is 1.74 bits per heavy atom. The fourth-order valence-electron chi connectivity index (χ4n) is 4.04. The van der Waals surface area contributed by atoms with Crippen LogP contribution in [0.4, 0.5) is 10.5 Å². The molecule has 0 fully saturated rings. The van der Waals surface area contributed by atoms with Gasteiger partial charge in [0.05, 0.1) is 6.07 Å². The molecule has 39 heavy (non-hydrogen) atoms. The van der Waals surface area contributed by atoms with E-state index < -0.39 is 42.1 Å². The summed E-state index contributed by atoms with van der Waals surface area (Å²) in [6.07, 6.45) is 1.37. The molecule has 2 unspecified atom stereocenters. The molecule has 2 atom stereocenters. The molecule has 0 radical (unpaired) electrons. The van der Waals surface area contributed by atoms with Gasteiger partial charge in [0.25, 0.3) is 5.91 Å². The van der Waals surface area contributed by atoms with Gasteiger partial charge in [-0.3, -0.25) is 9.59 Å². The molecule has 0 aromatic heterocycles. The zero-order chi connectivity index (χ0) is 29.3. The number of anilines is 1. The zero-order valence-electron chi connectivity index (χ0n) is 23.6. The normalized spacial score (nSPS) is 12.6. The smallest absolute Gasteiger partial charge is 0.408 e. The van der Waals surface area contributed by atoms with Crippen molar-refractivity contribution in [3.8, 4) is 11.8 Å². The molecule has 10 heteroatoms. The van der Waals surface area contributed by atoms with Gasteiger partial charge in [-0.1, -0.05) is 24.3 Å². The number of alkyl carbamates (subject to hydrolysis) is 1. The van der Waals surface area contributed by atoms with Crippen LogP contribution in [-0.4, -0.2) is 58.1 Å². The van der Waals surface area contributed by atoms with Gasteiger partial charge in [-0.25, -0.2) is 4.79 Å². The first-order valence-corrected chi connectivity index (χ1v) is 14.0. The molecule has 2 rings (SSSR count). The van der Waals surface area contributed by atoms with Gasteiger partial charge in [0.1, 0.15) is 30.0 Å². The van der Waals surface area contributed by atoms with Crippen molar-refractivity contribution in [2.75, 3.05) is 23.9 Å². The van der Waals surface area contributed by atoms with Crippen LogP contribution in [0.1, 0.15) is 55.5 Å². The first-order valence-electron chi connectivity index (χ1n) is 12.6. The van der Waals surface area contributed by atoms with E-state index >= 15 is 0 Å². The highest BCUT2D eigenvalue weighted by Crippen LogP contribution is 2.29. The Labute approximate surface area is 234 Å². The topological polar surface area (TPSA) is 132 Å². The van der Waals surface area contributed by atoms with Crippen LogP contribution in [-0.2, 0) is 14.3 Å². The molecular weight excluding hydrogens is 516 g/mol. The number of nitrogens with zero attached hydrogens (tertiary/aromatic N) is 2. The number of aromatic hydroxyl groups is 1. The first kappa shape index (κ1) is 31.5. The van der Waals surface area contributed by atoms with E-state index in [1.54, 1.807) is 39.8 Å². The number of ether oxygens (including phenoxy) is 1. The van der Waals surface area contributed by atoms with Crippen molar-refractivity contribution in [3.05, 3.63) is 58.7 Å². The van der Waals surface area contributed by atoms with Crippen LogP contribution >= 0.6 is 11.8 Å². The van der Waals surface area contributed by atoms with Crippen molar-refractivity contribution in [2.45, 2.75) is 65.6 Å². The van der Waals surface area contributed by atoms with Gasteiger partial charge in [0, 0.05) is 5.69 Å². The molecular formula is C29H38N4O5S. The van der Waals surface area contributed by atoms with Crippen LogP contribution < -0.4 is 10.6 Å². The second-order valence-corrected chi connectivity index (χ2v) is 11.3. The summed E-state index contributed by atoms with van der Waals surface area (Å²) in [4.78, 5) is 41.6. The number of phenolic OH excluding ortho intramolecular Hbond substituents is 1. The molecule has 2 aromatic rings. The predicted molar refractivity (Wildman–Crippen MR) is 154 cm³/mol. The number of amides is 3. The minimum absolute atomic E-state index is 0.0373. The molecule has 0 aliphatic carbocycles. The van der Waals surface area contributed by atoms with Gasteiger partial charge in [0.2, 0.25) is 5.91 Å². The van der Waals surface area contributed by atoms with E-state index in [0.29, 0.717) is 22.6 Å². The molecule has 3 amide bonds. The van der Waals surface area contributed by atoms with Crippen molar-refractivity contribution >= 4 is 35.4 Å². The third-order valence-corrected chi connectivity index (χ3v) is 6.59. The Bertz CT molecular complexity index is 1210. The molecule has 0 heterocycles. The standard InChI is InChI=1S/C29H38N4O5S/c1-18-9-8-10-19(2)24(18)32-26(35)25(21-11-12-23(34)20(3)17-21)33(15-14-30)27(36)22(13-16-39-7)31-28(37)38-29(4,5)6/h8-12,17,22,25,34H,13,15-16H2,1-7H3,(H,31,37)(H,32,35). The lowest BCUT2D eigenvalue weighted by molar-refractivity contribution is -0.140. The number of benzene rings is 2. The van der Waals surface area contributed by atoms with E-state index in [0.717, 1.165) is 16.0 Å². The number of carbonyl (C=O) groups excluding carboxylic acids is 3. The lowest BCUT2D eigenvalue weighted by atomic mass is 9.99. The summed E-state index contributed by atoms with van der Waals surface area (Å²) >= 11 is 1.50. The Morgan fingerprint density at radius 3 is 2.28 bits per heavy atom. The van der Waals surface area contributed by atoms with Crippen LogP contribution in [0.15, 0.2) is 36.4 Å². The summed E-state index contributed by atoms with van der Waals surface area (Å²) < 4.78 is 5.37. The molecule has 0 aliphatic rings. The molecule has 9 nitrogen and oxygen atoms in total. The van der Waals surface area contributed by atoms with E-state index in [4.69, 9.17) is 4.74 Å². The number of nitrogens with one attached hydrogen (secondary N) is 2. The van der Waals surface area contributed by atoms with Crippen LogP contribution in [0, 0.1) is 32.1 Å². The zero-order valence-corrected chi connectivity index (χ0v) is 24.4. The fourth-order valence-corrected chi connectivity index (χ4v) is 4.51. The lowest BCUT2D eigenvalue weighted by Gasteiger charge is -2.33. The highest BCUT2D eigenvalue weighted by atomic mass is 32.2. The Morgan fingerprint density at radius 1 is 1.10 bits per heavy atom. The maximum Gasteiger partial charge on any atom is 0.408 e. The Kier molecular flexibility index (Phi) is 11.2. The summed E-state index contributed by atoms with van der Waals surface area (Å²) in [5.74, 6) is -0.537. The van der Waals surface area contributed by atoms with Crippen molar-refractivity contribution < 1.29 is 24.2 Å². The number of hydrogen-bond donors (Lipinski definition) is 3. The van der Waals surface area contributed by atoms with Gasteiger partial charge in [0.15, 0.2) is 0 Å². The van der Waals surface area contributed by atoms with Gasteiger partial charge in [-0.05, 0) is 94.4 Å². The minimum atomic E-state index is -1.22. The molecule has 0 saturated carbocycles. The Balaban J connectivity index is 2.57. The van der Waals surface area contributed by atoms with Crippen LogP contribution in [0.3, 0.4) is 0 Å². The summed E-state index contributed by atoms with van der Waals surface area (Å²) in [5, 5.41) is 25.4. The van der Waals surface area contributed by atoms with Crippen LogP contribution in [0.25, 0.3) is 0 Å². The number of thioether (sulfide) groups is 1. The quantitative estimate of drug-likeness (QED) is 0.352. The number of carbonyl (C=O) groups is 3. The second kappa shape index (κ2) is 13.9. The van der Waals surface area contributed by atoms with Gasteiger partial charge in [-0.2, -0.15) is 17.0 Å². The molecule has 0 aliphatic heterocycles. The number of aryl methyl sites for hydroxylation is 3. The number of nitriles is 1. The largest absolute Gasteiger partial charge is 0.508 e. The summed E-state index contributed by atoms with van der Waals surface area (Å²) in [5.41, 5.74) is 2.43. The van der Waals surface area contributed by atoms with E-state index in [1.165, 1.54) is 17.8 Å². The van der Waals surface area contributed by atoms with E-state index in [9.17, 15) is 24.8 Å². The van der Waals surface area contributed by atoms with Gasteiger partial charge < -0.3 is 25.4 Å². The highest BCUT2D eigenvalue weighted by Gasteiger charge is 2.36. The lowest BCUT2D eigenvalue weighted by Crippen LogP contribution is -2.52. The van der Waals surface area contributed by atoms with Crippen LogP contribution in [0.5, 0.6) is 5.75 Å². The van der Waals surface area contributed by atoms with Gasteiger partial charge >= 0.3 is 6.09 Å². The minimum Gasteiger partial charge on any atom is -0.508 e. The van der Waals surface area contributed by atoms with E-state index in [1.807, 2.05) is 44.4 Å². The van der Waals surface area contributed by atoms with Crippen molar-refractivity contribution in [1.29, 1.82) is 5.26 Å². The maximum atomic E-state index is 14.0. The maximum absolute atomic E-state index is 14.0. The number of hydrogen-bond acceptors (Lipinski definition) is 7. The van der Waals surface area contributed by atoms with Crippen molar-refractivity contribution in [3.63, 3.8) is 0 Å². The summed E-state index contributed by atoms with van der Waals surface area (Å²) in [7, 11) is 0.